The zero-order chi connectivity index (χ0) is 17.9. The van der Waals surface area contributed by atoms with Crippen LogP contribution in [0.4, 0.5) is 0 Å². The van der Waals surface area contributed by atoms with Crippen molar-refractivity contribution < 1.29 is 14.3 Å². The monoisotopic (exact) mass is 336 g/mol. The van der Waals surface area contributed by atoms with Crippen molar-refractivity contribution in [2.75, 3.05) is 41.3 Å². The van der Waals surface area contributed by atoms with Crippen LogP contribution in [-0.2, 0) is 4.79 Å². The molecule has 0 aromatic heterocycles. The van der Waals surface area contributed by atoms with Gasteiger partial charge in [-0.15, -0.1) is 0 Å². The van der Waals surface area contributed by atoms with Crippen molar-refractivity contribution in [1.82, 2.24) is 15.5 Å². The molecule has 1 aromatic rings. The van der Waals surface area contributed by atoms with Gasteiger partial charge in [-0.2, -0.15) is 0 Å². The third kappa shape index (κ3) is 7.21. The van der Waals surface area contributed by atoms with Crippen molar-refractivity contribution in [1.29, 1.82) is 0 Å². The number of guanidine groups is 1. The molecule has 0 heterocycles. The van der Waals surface area contributed by atoms with Crippen LogP contribution in [-0.4, -0.2) is 64.2 Å². The van der Waals surface area contributed by atoms with Crippen LogP contribution < -0.4 is 20.1 Å². The molecule has 7 nitrogen and oxygen atoms in total. The summed E-state index contributed by atoms with van der Waals surface area (Å²) in [5, 5.41) is 6.29. The molecule has 1 amide bonds. The minimum absolute atomic E-state index is 0.0564. The molecule has 1 unspecified atom stereocenters. The second-order valence-electron chi connectivity index (χ2n) is 5.53. The minimum atomic E-state index is -0.0564. The molecule has 0 aliphatic heterocycles. The van der Waals surface area contributed by atoms with Gasteiger partial charge in [-0.3, -0.25) is 9.79 Å². The van der Waals surface area contributed by atoms with Gasteiger partial charge < -0.3 is 25.0 Å². The zero-order valence-corrected chi connectivity index (χ0v) is 15.1. The van der Waals surface area contributed by atoms with Crippen LogP contribution in [0.3, 0.4) is 0 Å². The highest BCUT2D eigenvalue weighted by atomic mass is 16.5. The van der Waals surface area contributed by atoms with E-state index in [1.54, 1.807) is 33.2 Å². The predicted molar refractivity (Wildman–Crippen MR) is 95.8 cm³/mol. The summed E-state index contributed by atoms with van der Waals surface area (Å²) in [7, 11) is 6.80. The number of nitrogens with one attached hydrogen (secondary N) is 2. The largest absolute Gasteiger partial charge is 0.497 e. The quantitative estimate of drug-likeness (QED) is 0.549. The molecule has 0 aliphatic rings. The van der Waals surface area contributed by atoms with Gasteiger partial charge in [-0.05, 0) is 19.1 Å². The number of hydrogen-bond donors (Lipinski definition) is 2. The Hall–Kier alpha value is -2.44. The Morgan fingerprint density at radius 2 is 2.00 bits per heavy atom. The summed E-state index contributed by atoms with van der Waals surface area (Å²) in [5.41, 5.74) is 0. The van der Waals surface area contributed by atoms with Gasteiger partial charge >= 0.3 is 0 Å². The fourth-order valence-electron chi connectivity index (χ4n) is 1.92. The average molecular weight is 336 g/mol. The van der Waals surface area contributed by atoms with E-state index in [4.69, 9.17) is 9.47 Å². The summed E-state index contributed by atoms with van der Waals surface area (Å²) < 4.78 is 11.0. The maximum absolute atomic E-state index is 11.5. The summed E-state index contributed by atoms with van der Waals surface area (Å²) in [5.74, 6) is 2.23. The number of carbonyl (C=O) groups is 1. The molecule has 24 heavy (non-hydrogen) atoms. The first-order chi connectivity index (χ1) is 11.5. The van der Waals surface area contributed by atoms with E-state index in [0.717, 1.165) is 11.5 Å². The van der Waals surface area contributed by atoms with E-state index >= 15 is 0 Å². The number of aliphatic imine (C=N–C) groups is 1. The number of rotatable bonds is 8. The smallest absolute Gasteiger partial charge is 0.223 e. The molecule has 7 heteroatoms. The fourth-order valence-corrected chi connectivity index (χ4v) is 1.92. The molecule has 2 N–H and O–H groups in total. The molecular weight excluding hydrogens is 308 g/mol. The Morgan fingerprint density at radius 3 is 2.62 bits per heavy atom. The minimum Gasteiger partial charge on any atom is -0.497 e. The SMILES string of the molecule is CN=C(NCCC(=O)N(C)C)NCC(C)Oc1cccc(OC)c1. The van der Waals surface area contributed by atoms with E-state index < -0.39 is 0 Å². The fraction of sp³-hybridized carbons (Fsp3) is 0.529. The average Bonchev–Trinajstić information content (AvgIpc) is 2.57. The molecule has 0 spiro atoms. The molecule has 1 atom stereocenters. The van der Waals surface area contributed by atoms with Gasteiger partial charge in [0.2, 0.25) is 5.91 Å². The van der Waals surface area contributed by atoms with Crippen molar-refractivity contribution in [3.05, 3.63) is 24.3 Å². The Labute approximate surface area is 144 Å². The second-order valence-corrected chi connectivity index (χ2v) is 5.53. The topological polar surface area (TPSA) is 75.2 Å². The molecule has 0 bridgehead atoms. The van der Waals surface area contributed by atoms with Crippen LogP contribution in [0.2, 0.25) is 0 Å². The van der Waals surface area contributed by atoms with Crippen LogP contribution in [0.1, 0.15) is 13.3 Å². The summed E-state index contributed by atoms with van der Waals surface area (Å²) in [6, 6.07) is 7.49. The van der Waals surface area contributed by atoms with Crippen molar-refractivity contribution in [2.24, 2.45) is 4.99 Å². The lowest BCUT2D eigenvalue weighted by atomic mass is 10.3. The lowest BCUT2D eigenvalue weighted by Gasteiger charge is -2.18. The van der Waals surface area contributed by atoms with Crippen LogP contribution in [0.5, 0.6) is 11.5 Å². The lowest BCUT2D eigenvalue weighted by Crippen LogP contribution is -2.42. The Kier molecular flexibility index (Phi) is 8.46. The van der Waals surface area contributed by atoms with Gasteiger partial charge in [-0.25, -0.2) is 0 Å². The van der Waals surface area contributed by atoms with Crippen LogP contribution >= 0.6 is 0 Å². The van der Waals surface area contributed by atoms with Crippen molar-refractivity contribution in [2.45, 2.75) is 19.4 Å². The number of ether oxygens (including phenoxy) is 2. The van der Waals surface area contributed by atoms with E-state index in [1.807, 2.05) is 31.2 Å². The van der Waals surface area contributed by atoms with E-state index in [-0.39, 0.29) is 12.0 Å². The summed E-state index contributed by atoms with van der Waals surface area (Å²) in [6.07, 6.45) is 0.364. The zero-order valence-electron chi connectivity index (χ0n) is 15.1. The van der Waals surface area contributed by atoms with Crippen LogP contribution in [0, 0.1) is 0 Å². The summed E-state index contributed by atoms with van der Waals surface area (Å²) in [6.45, 7) is 3.08. The van der Waals surface area contributed by atoms with Crippen molar-refractivity contribution >= 4 is 11.9 Å². The first kappa shape index (κ1) is 19.6. The molecule has 0 saturated heterocycles. The molecule has 134 valence electrons. The number of nitrogens with zero attached hydrogens (tertiary/aromatic N) is 2. The highest BCUT2D eigenvalue weighted by Crippen LogP contribution is 2.19. The van der Waals surface area contributed by atoms with Gasteiger partial charge in [0.05, 0.1) is 13.7 Å². The Balaban J connectivity index is 2.35. The number of carbonyl (C=O) groups excluding carboxylic acids is 1. The standard InChI is InChI=1S/C17H28N4O3/c1-13(24-15-8-6-7-14(11-15)23-5)12-20-17(18-2)19-10-9-16(22)21(3)4/h6-8,11,13H,9-10,12H2,1-5H3,(H2,18,19,20). The molecule has 1 aromatic carbocycles. The van der Waals surface area contributed by atoms with Gasteiger partial charge in [0, 0.05) is 40.2 Å². The van der Waals surface area contributed by atoms with Gasteiger partial charge in [0.15, 0.2) is 5.96 Å². The van der Waals surface area contributed by atoms with Crippen molar-refractivity contribution in [3.8, 4) is 11.5 Å². The van der Waals surface area contributed by atoms with E-state index in [9.17, 15) is 4.79 Å². The first-order valence-corrected chi connectivity index (χ1v) is 7.91. The number of hydrogen-bond acceptors (Lipinski definition) is 4. The van der Waals surface area contributed by atoms with Crippen LogP contribution in [0.25, 0.3) is 0 Å². The van der Waals surface area contributed by atoms with Gasteiger partial charge in [0.1, 0.15) is 17.6 Å². The van der Waals surface area contributed by atoms with E-state index in [0.29, 0.717) is 25.5 Å². The molecule has 0 saturated carbocycles. The molecule has 0 aliphatic carbocycles. The number of amides is 1. The van der Waals surface area contributed by atoms with E-state index in [2.05, 4.69) is 15.6 Å². The molecule has 0 fully saturated rings. The third-order valence-corrected chi connectivity index (χ3v) is 3.29. The predicted octanol–water partition coefficient (Wildman–Crippen LogP) is 1.11. The normalized spacial score (nSPS) is 12.3. The third-order valence-electron chi connectivity index (χ3n) is 3.29. The second kappa shape index (κ2) is 10.4. The summed E-state index contributed by atoms with van der Waals surface area (Å²) in [4.78, 5) is 17.2. The summed E-state index contributed by atoms with van der Waals surface area (Å²) >= 11 is 0. The van der Waals surface area contributed by atoms with Gasteiger partial charge in [0.25, 0.3) is 0 Å². The highest BCUT2D eigenvalue weighted by molar-refractivity contribution is 5.81. The maximum Gasteiger partial charge on any atom is 0.223 e. The Bertz CT molecular complexity index is 546. The van der Waals surface area contributed by atoms with E-state index in [1.165, 1.54) is 0 Å². The first-order valence-electron chi connectivity index (χ1n) is 7.91. The molecular formula is C17H28N4O3. The lowest BCUT2D eigenvalue weighted by molar-refractivity contribution is -0.128. The van der Waals surface area contributed by atoms with Crippen LogP contribution in [0.15, 0.2) is 29.3 Å². The highest BCUT2D eigenvalue weighted by Gasteiger charge is 2.08. The number of methoxy groups -OCH3 is 1. The molecule has 1 rings (SSSR count). The van der Waals surface area contributed by atoms with Gasteiger partial charge in [-0.1, -0.05) is 6.07 Å². The van der Waals surface area contributed by atoms with Crippen molar-refractivity contribution in [3.63, 3.8) is 0 Å². The number of benzene rings is 1. The molecule has 0 radical (unpaired) electrons. The Morgan fingerprint density at radius 1 is 1.29 bits per heavy atom. The maximum atomic E-state index is 11.5.